The summed E-state index contributed by atoms with van der Waals surface area (Å²) in [5, 5.41) is 4.30. The maximum atomic E-state index is 6.01. The van der Waals surface area contributed by atoms with Crippen LogP contribution in [0.4, 0.5) is 0 Å². The van der Waals surface area contributed by atoms with E-state index < -0.39 is 0 Å². The zero-order valence-corrected chi connectivity index (χ0v) is 9.24. The van der Waals surface area contributed by atoms with E-state index >= 15 is 0 Å². The van der Waals surface area contributed by atoms with Crippen LogP contribution in [0.5, 0.6) is 0 Å². The van der Waals surface area contributed by atoms with Crippen LogP contribution in [0.3, 0.4) is 0 Å². The van der Waals surface area contributed by atoms with Crippen molar-refractivity contribution in [2.75, 3.05) is 0 Å². The van der Waals surface area contributed by atoms with E-state index in [0.29, 0.717) is 0 Å². The van der Waals surface area contributed by atoms with Crippen LogP contribution in [-0.2, 0) is 7.05 Å². The zero-order chi connectivity index (χ0) is 10.4. The quantitative estimate of drug-likeness (QED) is 0.708. The summed E-state index contributed by atoms with van der Waals surface area (Å²) in [7, 11) is 1.92. The van der Waals surface area contributed by atoms with E-state index in [4.69, 9.17) is 5.73 Å². The second-order valence-electron chi connectivity index (χ2n) is 3.87. The Hall–Kier alpha value is -0.830. The van der Waals surface area contributed by atoms with Crippen LogP contribution in [-0.4, -0.2) is 9.78 Å². The standard InChI is InChI=1S/C11H21N3/c1-3-4-5-6-7-10(12)11-8-9-14(2)13-11/h8-10H,3-7,12H2,1-2H3. The molecule has 0 aliphatic heterocycles. The molecule has 0 saturated heterocycles. The average Bonchev–Trinajstić information content (AvgIpc) is 2.59. The van der Waals surface area contributed by atoms with Crippen LogP contribution < -0.4 is 5.73 Å². The summed E-state index contributed by atoms with van der Waals surface area (Å²) in [5.41, 5.74) is 7.03. The molecule has 1 heterocycles. The number of hydrogen-bond acceptors (Lipinski definition) is 2. The molecule has 1 aromatic heterocycles. The van der Waals surface area contributed by atoms with Crippen molar-refractivity contribution in [1.82, 2.24) is 9.78 Å². The van der Waals surface area contributed by atoms with Crippen LogP contribution in [0.25, 0.3) is 0 Å². The van der Waals surface area contributed by atoms with Gasteiger partial charge in [0.25, 0.3) is 0 Å². The Balaban J connectivity index is 2.25. The Morgan fingerprint density at radius 2 is 2.21 bits per heavy atom. The number of nitrogens with two attached hydrogens (primary N) is 1. The van der Waals surface area contributed by atoms with E-state index in [2.05, 4.69) is 12.0 Å². The van der Waals surface area contributed by atoms with Gasteiger partial charge in [-0.1, -0.05) is 32.6 Å². The molecule has 0 bridgehead atoms. The van der Waals surface area contributed by atoms with Crippen molar-refractivity contribution in [2.45, 2.75) is 45.1 Å². The summed E-state index contributed by atoms with van der Waals surface area (Å²) in [6.07, 6.45) is 8.09. The molecule has 0 spiro atoms. The molecule has 14 heavy (non-hydrogen) atoms. The number of nitrogens with zero attached hydrogens (tertiary/aromatic N) is 2. The highest BCUT2D eigenvalue weighted by Gasteiger charge is 2.07. The third kappa shape index (κ3) is 3.50. The third-order valence-electron chi connectivity index (χ3n) is 2.48. The topological polar surface area (TPSA) is 43.8 Å². The number of rotatable bonds is 6. The molecular formula is C11H21N3. The molecule has 80 valence electrons. The fourth-order valence-corrected chi connectivity index (χ4v) is 1.57. The van der Waals surface area contributed by atoms with Crippen molar-refractivity contribution >= 4 is 0 Å². The third-order valence-corrected chi connectivity index (χ3v) is 2.48. The summed E-state index contributed by atoms with van der Waals surface area (Å²) in [6.45, 7) is 2.22. The minimum atomic E-state index is 0.119. The van der Waals surface area contributed by atoms with Crippen LogP contribution in [0.1, 0.15) is 50.8 Å². The summed E-state index contributed by atoms with van der Waals surface area (Å²) in [5.74, 6) is 0. The molecule has 0 aliphatic carbocycles. The second-order valence-corrected chi connectivity index (χ2v) is 3.87. The van der Waals surface area contributed by atoms with E-state index in [9.17, 15) is 0 Å². The predicted molar refractivity (Wildman–Crippen MR) is 58.9 cm³/mol. The average molecular weight is 195 g/mol. The number of unbranched alkanes of at least 4 members (excludes halogenated alkanes) is 3. The SMILES string of the molecule is CCCCCCC(N)c1ccn(C)n1. The molecule has 1 aromatic rings. The highest BCUT2D eigenvalue weighted by atomic mass is 15.3. The largest absolute Gasteiger partial charge is 0.323 e. The summed E-state index contributed by atoms with van der Waals surface area (Å²) in [6, 6.07) is 2.12. The van der Waals surface area contributed by atoms with Crippen molar-refractivity contribution in [3.63, 3.8) is 0 Å². The Labute approximate surface area is 86.3 Å². The fourth-order valence-electron chi connectivity index (χ4n) is 1.57. The molecule has 1 atom stereocenters. The first kappa shape index (κ1) is 11.2. The van der Waals surface area contributed by atoms with E-state index in [-0.39, 0.29) is 6.04 Å². The lowest BCUT2D eigenvalue weighted by Crippen LogP contribution is -2.11. The zero-order valence-electron chi connectivity index (χ0n) is 9.24. The van der Waals surface area contributed by atoms with Gasteiger partial charge in [0.05, 0.1) is 5.69 Å². The molecule has 3 nitrogen and oxygen atoms in total. The van der Waals surface area contributed by atoms with Crippen molar-refractivity contribution in [3.05, 3.63) is 18.0 Å². The summed E-state index contributed by atoms with van der Waals surface area (Å²) >= 11 is 0. The molecule has 0 saturated carbocycles. The van der Waals surface area contributed by atoms with Gasteiger partial charge in [-0.05, 0) is 12.5 Å². The van der Waals surface area contributed by atoms with Gasteiger partial charge in [-0.3, -0.25) is 4.68 Å². The number of hydrogen-bond donors (Lipinski definition) is 1. The Kier molecular flexibility index (Phi) is 4.66. The van der Waals surface area contributed by atoms with Crippen LogP contribution in [0.15, 0.2) is 12.3 Å². The minimum absolute atomic E-state index is 0.119. The molecule has 1 unspecified atom stereocenters. The summed E-state index contributed by atoms with van der Waals surface area (Å²) in [4.78, 5) is 0. The molecule has 3 heteroatoms. The highest BCUT2D eigenvalue weighted by Crippen LogP contribution is 2.15. The first-order valence-electron chi connectivity index (χ1n) is 5.49. The Morgan fingerprint density at radius 3 is 2.79 bits per heavy atom. The maximum Gasteiger partial charge on any atom is 0.0791 e. The van der Waals surface area contributed by atoms with Gasteiger partial charge in [0.1, 0.15) is 0 Å². The van der Waals surface area contributed by atoms with E-state index in [1.54, 1.807) is 4.68 Å². The van der Waals surface area contributed by atoms with E-state index in [1.165, 1.54) is 25.7 Å². The first-order chi connectivity index (χ1) is 6.74. The minimum Gasteiger partial charge on any atom is -0.323 e. The van der Waals surface area contributed by atoms with Gasteiger partial charge in [0.2, 0.25) is 0 Å². The Bertz CT molecular complexity index is 255. The molecule has 0 amide bonds. The number of aryl methyl sites for hydroxylation is 1. The van der Waals surface area contributed by atoms with Crippen molar-refractivity contribution < 1.29 is 0 Å². The van der Waals surface area contributed by atoms with Gasteiger partial charge in [-0.2, -0.15) is 5.10 Å². The normalized spacial score (nSPS) is 13.1. The lowest BCUT2D eigenvalue weighted by molar-refractivity contribution is 0.550. The van der Waals surface area contributed by atoms with Crippen molar-refractivity contribution in [1.29, 1.82) is 0 Å². The van der Waals surface area contributed by atoms with Gasteiger partial charge < -0.3 is 5.73 Å². The van der Waals surface area contributed by atoms with Gasteiger partial charge in [-0.15, -0.1) is 0 Å². The second kappa shape index (κ2) is 5.81. The fraction of sp³-hybridized carbons (Fsp3) is 0.727. The van der Waals surface area contributed by atoms with E-state index in [0.717, 1.165) is 12.1 Å². The van der Waals surface area contributed by atoms with Crippen LogP contribution >= 0.6 is 0 Å². The van der Waals surface area contributed by atoms with Crippen LogP contribution in [0.2, 0.25) is 0 Å². The molecular weight excluding hydrogens is 174 g/mol. The van der Waals surface area contributed by atoms with E-state index in [1.807, 2.05) is 19.3 Å². The lowest BCUT2D eigenvalue weighted by Gasteiger charge is -2.07. The van der Waals surface area contributed by atoms with Gasteiger partial charge in [0.15, 0.2) is 0 Å². The summed E-state index contributed by atoms with van der Waals surface area (Å²) < 4.78 is 1.81. The molecule has 0 aromatic carbocycles. The van der Waals surface area contributed by atoms with Crippen molar-refractivity contribution in [2.24, 2.45) is 12.8 Å². The maximum absolute atomic E-state index is 6.01. The van der Waals surface area contributed by atoms with Gasteiger partial charge >= 0.3 is 0 Å². The molecule has 0 fully saturated rings. The van der Waals surface area contributed by atoms with Gasteiger partial charge in [-0.25, -0.2) is 0 Å². The van der Waals surface area contributed by atoms with Crippen molar-refractivity contribution in [3.8, 4) is 0 Å². The smallest absolute Gasteiger partial charge is 0.0791 e. The molecule has 2 N–H and O–H groups in total. The highest BCUT2D eigenvalue weighted by molar-refractivity contribution is 5.04. The van der Waals surface area contributed by atoms with Crippen LogP contribution in [0, 0.1) is 0 Å². The predicted octanol–water partition coefficient (Wildman–Crippen LogP) is 2.39. The van der Waals surface area contributed by atoms with Gasteiger partial charge in [0, 0.05) is 19.3 Å². The Morgan fingerprint density at radius 1 is 1.43 bits per heavy atom. The first-order valence-corrected chi connectivity index (χ1v) is 5.49. The number of aromatic nitrogens is 2. The molecule has 1 rings (SSSR count). The molecule has 0 radical (unpaired) electrons. The lowest BCUT2D eigenvalue weighted by atomic mass is 10.1. The molecule has 0 aliphatic rings. The monoisotopic (exact) mass is 195 g/mol.